The molecule has 1 unspecified atom stereocenters. The number of hydrogen-bond donors (Lipinski definition) is 1. The van der Waals surface area contributed by atoms with E-state index in [4.69, 9.17) is 0 Å². The molecule has 1 N–H and O–H groups in total. The molecule has 78 valence electrons. The van der Waals surface area contributed by atoms with E-state index in [2.05, 4.69) is 27.1 Å². The predicted octanol–water partition coefficient (Wildman–Crippen LogP) is 0.696. The number of hydrogen-bond acceptors (Lipinski definition) is 4. The standard InChI is InChI=1S/C9H14N4.ClH/c1-8-7-13(5-4-11-8)9-6-10-2-3-12-9;/h2-3,6,8,11H,4-5,7H2,1H3;1H. The van der Waals surface area contributed by atoms with Crippen molar-refractivity contribution >= 4 is 18.2 Å². The highest BCUT2D eigenvalue weighted by Crippen LogP contribution is 2.09. The maximum Gasteiger partial charge on any atom is 0.147 e. The summed E-state index contributed by atoms with van der Waals surface area (Å²) in [6, 6.07) is 0.538. The van der Waals surface area contributed by atoms with Gasteiger partial charge in [0.15, 0.2) is 0 Å². The first-order chi connectivity index (χ1) is 6.36. The average Bonchev–Trinajstić information content (AvgIpc) is 2.19. The van der Waals surface area contributed by atoms with Crippen LogP contribution in [0.4, 0.5) is 5.82 Å². The smallest absolute Gasteiger partial charge is 0.147 e. The lowest BCUT2D eigenvalue weighted by Gasteiger charge is -2.32. The van der Waals surface area contributed by atoms with E-state index in [1.54, 1.807) is 12.4 Å². The van der Waals surface area contributed by atoms with Crippen LogP contribution < -0.4 is 10.2 Å². The van der Waals surface area contributed by atoms with Gasteiger partial charge in [-0.1, -0.05) is 0 Å². The van der Waals surface area contributed by atoms with Crippen LogP contribution in [-0.4, -0.2) is 35.6 Å². The molecule has 4 nitrogen and oxygen atoms in total. The monoisotopic (exact) mass is 214 g/mol. The van der Waals surface area contributed by atoms with Crippen LogP contribution in [0.2, 0.25) is 0 Å². The molecule has 0 radical (unpaired) electrons. The number of aromatic nitrogens is 2. The van der Waals surface area contributed by atoms with Gasteiger partial charge in [-0.05, 0) is 6.92 Å². The number of nitrogens with zero attached hydrogens (tertiary/aromatic N) is 3. The van der Waals surface area contributed by atoms with E-state index >= 15 is 0 Å². The minimum Gasteiger partial charge on any atom is -0.353 e. The predicted molar refractivity (Wildman–Crippen MR) is 59.0 cm³/mol. The summed E-state index contributed by atoms with van der Waals surface area (Å²) < 4.78 is 0. The van der Waals surface area contributed by atoms with Crippen LogP contribution in [0, 0.1) is 0 Å². The zero-order chi connectivity index (χ0) is 9.10. The van der Waals surface area contributed by atoms with Crippen LogP contribution in [0.1, 0.15) is 6.92 Å². The van der Waals surface area contributed by atoms with Crippen molar-refractivity contribution in [2.75, 3.05) is 24.5 Å². The SMILES string of the molecule is CC1CN(c2cnccn2)CCN1.Cl. The van der Waals surface area contributed by atoms with E-state index < -0.39 is 0 Å². The Labute approximate surface area is 90.2 Å². The van der Waals surface area contributed by atoms with Crippen molar-refractivity contribution in [1.29, 1.82) is 0 Å². The van der Waals surface area contributed by atoms with Gasteiger partial charge in [0.2, 0.25) is 0 Å². The van der Waals surface area contributed by atoms with E-state index in [-0.39, 0.29) is 12.4 Å². The number of piperazine rings is 1. The lowest BCUT2D eigenvalue weighted by atomic mass is 10.2. The highest BCUT2D eigenvalue weighted by atomic mass is 35.5. The minimum atomic E-state index is 0. The zero-order valence-electron chi connectivity index (χ0n) is 8.18. The van der Waals surface area contributed by atoms with Crippen molar-refractivity contribution in [3.63, 3.8) is 0 Å². The molecule has 1 aliphatic rings. The van der Waals surface area contributed by atoms with Crippen molar-refractivity contribution in [2.24, 2.45) is 0 Å². The van der Waals surface area contributed by atoms with Crippen LogP contribution in [-0.2, 0) is 0 Å². The van der Waals surface area contributed by atoms with Crippen molar-refractivity contribution in [3.05, 3.63) is 18.6 Å². The van der Waals surface area contributed by atoms with Gasteiger partial charge in [0.1, 0.15) is 5.82 Å². The molecule has 5 heteroatoms. The first-order valence-corrected chi connectivity index (χ1v) is 4.60. The average molecular weight is 215 g/mol. The Balaban J connectivity index is 0.000000980. The molecule has 2 heterocycles. The third-order valence-corrected chi connectivity index (χ3v) is 2.24. The molecule has 1 aliphatic heterocycles. The first kappa shape index (κ1) is 11.2. The fourth-order valence-electron chi connectivity index (χ4n) is 1.59. The largest absolute Gasteiger partial charge is 0.353 e. The first-order valence-electron chi connectivity index (χ1n) is 4.60. The highest BCUT2D eigenvalue weighted by Gasteiger charge is 2.16. The Bertz CT molecular complexity index is 267. The Morgan fingerprint density at radius 2 is 2.36 bits per heavy atom. The molecule has 1 aromatic heterocycles. The van der Waals surface area contributed by atoms with Gasteiger partial charge in [-0.2, -0.15) is 0 Å². The molecule has 0 spiro atoms. The second kappa shape index (κ2) is 5.12. The Morgan fingerprint density at radius 3 is 3.00 bits per heavy atom. The fourth-order valence-corrected chi connectivity index (χ4v) is 1.59. The summed E-state index contributed by atoms with van der Waals surface area (Å²) in [4.78, 5) is 10.6. The molecular weight excluding hydrogens is 200 g/mol. The van der Waals surface area contributed by atoms with Crippen molar-refractivity contribution in [2.45, 2.75) is 13.0 Å². The normalized spacial score (nSPS) is 21.5. The fraction of sp³-hybridized carbons (Fsp3) is 0.556. The number of anilines is 1. The lowest BCUT2D eigenvalue weighted by molar-refractivity contribution is 0.482. The molecular formula is C9H15ClN4. The Hall–Kier alpha value is -0.870. The molecule has 1 atom stereocenters. The molecule has 0 bridgehead atoms. The maximum atomic E-state index is 4.27. The number of nitrogens with one attached hydrogen (secondary N) is 1. The van der Waals surface area contributed by atoms with Crippen LogP contribution in [0.15, 0.2) is 18.6 Å². The summed E-state index contributed by atoms with van der Waals surface area (Å²) in [6.07, 6.45) is 5.26. The van der Waals surface area contributed by atoms with Gasteiger partial charge in [0.25, 0.3) is 0 Å². The van der Waals surface area contributed by atoms with Gasteiger partial charge in [-0.25, -0.2) is 4.98 Å². The van der Waals surface area contributed by atoms with E-state index in [1.165, 1.54) is 0 Å². The second-order valence-electron chi connectivity index (χ2n) is 3.36. The van der Waals surface area contributed by atoms with Crippen molar-refractivity contribution in [1.82, 2.24) is 15.3 Å². The van der Waals surface area contributed by atoms with Gasteiger partial charge >= 0.3 is 0 Å². The summed E-state index contributed by atoms with van der Waals surface area (Å²) in [5.41, 5.74) is 0. The van der Waals surface area contributed by atoms with Crippen LogP contribution >= 0.6 is 12.4 Å². The minimum absolute atomic E-state index is 0. The summed E-state index contributed by atoms with van der Waals surface area (Å²) in [5.74, 6) is 0.982. The molecule has 0 amide bonds. The van der Waals surface area contributed by atoms with Gasteiger partial charge in [-0.3, -0.25) is 4.98 Å². The van der Waals surface area contributed by atoms with Gasteiger partial charge in [-0.15, -0.1) is 12.4 Å². The molecule has 1 fully saturated rings. The van der Waals surface area contributed by atoms with Gasteiger partial charge in [0.05, 0.1) is 6.20 Å². The quantitative estimate of drug-likeness (QED) is 0.747. The zero-order valence-corrected chi connectivity index (χ0v) is 9.00. The van der Waals surface area contributed by atoms with E-state index in [0.29, 0.717) is 6.04 Å². The van der Waals surface area contributed by atoms with Crippen LogP contribution in [0.3, 0.4) is 0 Å². The van der Waals surface area contributed by atoms with Crippen LogP contribution in [0.25, 0.3) is 0 Å². The number of rotatable bonds is 1. The maximum absolute atomic E-state index is 4.27. The molecule has 2 rings (SSSR count). The van der Waals surface area contributed by atoms with E-state index in [1.807, 2.05) is 6.20 Å². The van der Waals surface area contributed by atoms with Crippen molar-refractivity contribution < 1.29 is 0 Å². The summed E-state index contributed by atoms with van der Waals surface area (Å²) >= 11 is 0. The van der Waals surface area contributed by atoms with E-state index in [0.717, 1.165) is 25.5 Å². The van der Waals surface area contributed by atoms with Crippen LogP contribution in [0.5, 0.6) is 0 Å². The second-order valence-corrected chi connectivity index (χ2v) is 3.36. The third-order valence-electron chi connectivity index (χ3n) is 2.24. The molecule has 1 saturated heterocycles. The van der Waals surface area contributed by atoms with E-state index in [9.17, 15) is 0 Å². The number of halogens is 1. The molecule has 14 heavy (non-hydrogen) atoms. The third kappa shape index (κ3) is 2.56. The molecule has 0 aromatic carbocycles. The molecule has 0 saturated carbocycles. The highest BCUT2D eigenvalue weighted by molar-refractivity contribution is 5.85. The molecule has 0 aliphatic carbocycles. The Kier molecular flexibility index (Phi) is 4.10. The van der Waals surface area contributed by atoms with Gasteiger partial charge in [0, 0.05) is 38.1 Å². The summed E-state index contributed by atoms with van der Waals surface area (Å²) in [6.45, 7) is 5.24. The summed E-state index contributed by atoms with van der Waals surface area (Å²) in [7, 11) is 0. The van der Waals surface area contributed by atoms with Gasteiger partial charge < -0.3 is 10.2 Å². The summed E-state index contributed by atoms with van der Waals surface area (Å²) in [5, 5.41) is 3.39. The lowest BCUT2D eigenvalue weighted by Crippen LogP contribution is -2.49. The van der Waals surface area contributed by atoms with Crippen molar-refractivity contribution in [3.8, 4) is 0 Å². The molecule has 1 aromatic rings. The topological polar surface area (TPSA) is 41.1 Å². The Morgan fingerprint density at radius 1 is 1.50 bits per heavy atom.